The van der Waals surface area contributed by atoms with E-state index in [-0.39, 0.29) is 17.9 Å². The molecule has 1 rings (SSSR count). The van der Waals surface area contributed by atoms with Gasteiger partial charge in [-0.15, -0.1) is 0 Å². The first-order valence-electron chi connectivity index (χ1n) is 6.85. The third kappa shape index (κ3) is 5.80. The summed E-state index contributed by atoms with van der Waals surface area (Å²) in [7, 11) is 1.66. The average molecular weight is 258 g/mol. The van der Waals surface area contributed by atoms with Crippen LogP contribution in [0.25, 0.3) is 0 Å². The first-order chi connectivity index (χ1) is 8.75. The number of hydrogen-bond donors (Lipinski definition) is 2. The minimum Gasteiger partial charge on any atom is -0.382 e. The Morgan fingerprint density at radius 1 is 1.28 bits per heavy atom. The molecule has 0 spiro atoms. The molecule has 1 fully saturated rings. The van der Waals surface area contributed by atoms with Crippen LogP contribution in [0.15, 0.2) is 0 Å². The van der Waals surface area contributed by atoms with Crippen LogP contribution in [-0.4, -0.2) is 45.4 Å². The smallest absolute Gasteiger partial charge is 0.224 e. The van der Waals surface area contributed by atoms with E-state index >= 15 is 0 Å². The molecule has 0 saturated heterocycles. The second-order valence-electron chi connectivity index (χ2n) is 4.80. The maximum atomic E-state index is 11.8. The Morgan fingerprint density at radius 2 is 2.11 bits per heavy atom. The van der Waals surface area contributed by atoms with Crippen molar-refractivity contribution in [2.24, 2.45) is 11.7 Å². The third-order valence-corrected chi connectivity index (χ3v) is 3.35. The van der Waals surface area contributed by atoms with E-state index in [2.05, 4.69) is 5.32 Å². The number of amides is 1. The molecule has 1 saturated carbocycles. The van der Waals surface area contributed by atoms with Crippen LogP contribution in [0.3, 0.4) is 0 Å². The zero-order valence-electron chi connectivity index (χ0n) is 11.3. The van der Waals surface area contributed by atoms with Gasteiger partial charge in [0.05, 0.1) is 19.1 Å². The predicted octanol–water partition coefficient (Wildman–Crippen LogP) is 0.673. The van der Waals surface area contributed by atoms with E-state index in [1.54, 1.807) is 7.11 Å². The number of ether oxygens (including phenoxy) is 2. The highest BCUT2D eigenvalue weighted by Crippen LogP contribution is 2.23. The van der Waals surface area contributed by atoms with Crippen molar-refractivity contribution in [3.05, 3.63) is 0 Å². The molecule has 3 N–H and O–H groups in total. The lowest BCUT2D eigenvalue weighted by Gasteiger charge is -2.14. The van der Waals surface area contributed by atoms with Crippen molar-refractivity contribution in [2.75, 3.05) is 33.5 Å². The highest BCUT2D eigenvalue weighted by molar-refractivity contribution is 5.79. The maximum Gasteiger partial charge on any atom is 0.224 e. The molecule has 2 unspecified atom stereocenters. The quantitative estimate of drug-likeness (QED) is 0.596. The first kappa shape index (κ1) is 15.4. The van der Waals surface area contributed by atoms with E-state index in [9.17, 15) is 4.79 Å². The van der Waals surface area contributed by atoms with E-state index in [0.717, 1.165) is 45.3 Å². The maximum absolute atomic E-state index is 11.8. The lowest BCUT2D eigenvalue weighted by molar-refractivity contribution is -0.125. The Kier molecular flexibility index (Phi) is 7.96. The summed E-state index contributed by atoms with van der Waals surface area (Å²) in [6.07, 6.45) is 4.90. The van der Waals surface area contributed by atoms with E-state index in [4.69, 9.17) is 15.2 Å². The second-order valence-corrected chi connectivity index (χ2v) is 4.80. The molecule has 0 radical (unpaired) electrons. The van der Waals surface area contributed by atoms with Gasteiger partial charge in [-0.25, -0.2) is 0 Å². The molecule has 5 heteroatoms. The number of hydrogen-bond acceptors (Lipinski definition) is 4. The van der Waals surface area contributed by atoms with Gasteiger partial charge in [0, 0.05) is 26.3 Å². The number of unbranched alkanes of at least 4 members (excludes halogenated alkanes) is 1. The molecule has 0 aromatic heterocycles. The molecule has 0 aliphatic heterocycles. The molecule has 1 aliphatic rings. The van der Waals surface area contributed by atoms with Gasteiger partial charge < -0.3 is 20.5 Å². The fourth-order valence-corrected chi connectivity index (χ4v) is 2.23. The molecule has 5 nitrogen and oxygen atoms in total. The summed E-state index contributed by atoms with van der Waals surface area (Å²) in [5, 5.41) is 2.96. The van der Waals surface area contributed by atoms with Crippen molar-refractivity contribution in [1.82, 2.24) is 5.32 Å². The Labute approximate surface area is 109 Å². The summed E-state index contributed by atoms with van der Waals surface area (Å²) in [4.78, 5) is 11.8. The zero-order valence-corrected chi connectivity index (χ0v) is 11.3. The van der Waals surface area contributed by atoms with Crippen LogP contribution < -0.4 is 11.1 Å². The van der Waals surface area contributed by atoms with E-state index in [1.165, 1.54) is 0 Å². The Balaban J connectivity index is 1.92. The first-order valence-corrected chi connectivity index (χ1v) is 6.85. The predicted molar refractivity (Wildman–Crippen MR) is 70.3 cm³/mol. The monoisotopic (exact) mass is 258 g/mol. The Morgan fingerprint density at radius 3 is 2.78 bits per heavy atom. The van der Waals surface area contributed by atoms with Crippen LogP contribution in [0.4, 0.5) is 0 Å². The summed E-state index contributed by atoms with van der Waals surface area (Å²) in [6, 6.07) is 0.0578. The number of nitrogens with two attached hydrogens (primary N) is 1. The van der Waals surface area contributed by atoms with Crippen molar-refractivity contribution in [3.8, 4) is 0 Å². The van der Waals surface area contributed by atoms with Crippen molar-refractivity contribution in [1.29, 1.82) is 0 Å². The highest BCUT2D eigenvalue weighted by atomic mass is 16.5. The largest absolute Gasteiger partial charge is 0.382 e. The summed E-state index contributed by atoms with van der Waals surface area (Å²) >= 11 is 0. The van der Waals surface area contributed by atoms with Gasteiger partial charge in [0.1, 0.15) is 0 Å². The summed E-state index contributed by atoms with van der Waals surface area (Å²) in [5.74, 6) is 0.156. The number of carbonyl (C=O) groups excluding carboxylic acids is 1. The SMILES string of the molecule is COCCOCCCCNC(=O)C1CCCC1N. The number of nitrogens with one attached hydrogen (secondary N) is 1. The minimum atomic E-state index is 0.0305. The van der Waals surface area contributed by atoms with Crippen molar-refractivity contribution in [3.63, 3.8) is 0 Å². The van der Waals surface area contributed by atoms with Gasteiger partial charge in [-0.05, 0) is 25.7 Å². The van der Waals surface area contributed by atoms with Crippen molar-refractivity contribution < 1.29 is 14.3 Å². The molecule has 2 atom stereocenters. The lowest BCUT2D eigenvalue weighted by Crippen LogP contribution is -2.38. The average Bonchev–Trinajstić information content (AvgIpc) is 2.79. The van der Waals surface area contributed by atoms with Crippen LogP contribution in [0.2, 0.25) is 0 Å². The fraction of sp³-hybridized carbons (Fsp3) is 0.923. The molecule has 0 bridgehead atoms. The lowest BCUT2D eigenvalue weighted by atomic mass is 10.0. The molecular weight excluding hydrogens is 232 g/mol. The van der Waals surface area contributed by atoms with Gasteiger partial charge in [-0.2, -0.15) is 0 Å². The second kappa shape index (κ2) is 9.30. The van der Waals surface area contributed by atoms with Crippen LogP contribution in [0.5, 0.6) is 0 Å². The number of rotatable bonds is 9. The molecule has 0 aromatic rings. The van der Waals surface area contributed by atoms with Crippen molar-refractivity contribution >= 4 is 5.91 Å². The zero-order chi connectivity index (χ0) is 13.2. The molecule has 18 heavy (non-hydrogen) atoms. The van der Waals surface area contributed by atoms with E-state index in [0.29, 0.717) is 13.2 Å². The van der Waals surface area contributed by atoms with Crippen LogP contribution in [0, 0.1) is 5.92 Å². The van der Waals surface area contributed by atoms with Gasteiger partial charge in [0.25, 0.3) is 0 Å². The number of carbonyl (C=O) groups is 1. The minimum absolute atomic E-state index is 0.0305. The summed E-state index contributed by atoms with van der Waals surface area (Å²) in [5.41, 5.74) is 5.89. The van der Waals surface area contributed by atoms with Gasteiger partial charge >= 0.3 is 0 Å². The molecule has 0 heterocycles. The molecule has 0 aromatic carbocycles. The molecular formula is C13H26N2O3. The molecule has 1 amide bonds. The van der Waals surface area contributed by atoms with E-state index in [1.807, 2.05) is 0 Å². The van der Waals surface area contributed by atoms with Crippen LogP contribution in [-0.2, 0) is 14.3 Å². The molecule has 106 valence electrons. The van der Waals surface area contributed by atoms with Crippen LogP contribution >= 0.6 is 0 Å². The van der Waals surface area contributed by atoms with Gasteiger partial charge in [0.2, 0.25) is 5.91 Å². The standard InChI is InChI=1S/C13H26N2O3/c1-17-9-10-18-8-3-2-7-15-13(16)11-5-4-6-12(11)14/h11-12H,2-10,14H2,1H3,(H,15,16). The fourth-order valence-electron chi connectivity index (χ4n) is 2.23. The van der Waals surface area contributed by atoms with E-state index < -0.39 is 0 Å². The number of methoxy groups -OCH3 is 1. The summed E-state index contributed by atoms with van der Waals surface area (Å²) in [6.45, 7) is 2.72. The van der Waals surface area contributed by atoms with Gasteiger partial charge in [0.15, 0.2) is 0 Å². The topological polar surface area (TPSA) is 73.6 Å². The Hall–Kier alpha value is -0.650. The van der Waals surface area contributed by atoms with Gasteiger partial charge in [-0.1, -0.05) is 6.42 Å². The highest BCUT2D eigenvalue weighted by Gasteiger charge is 2.29. The summed E-state index contributed by atoms with van der Waals surface area (Å²) < 4.78 is 10.2. The van der Waals surface area contributed by atoms with Crippen molar-refractivity contribution in [2.45, 2.75) is 38.1 Å². The third-order valence-electron chi connectivity index (χ3n) is 3.35. The normalized spacial score (nSPS) is 23.2. The van der Waals surface area contributed by atoms with Gasteiger partial charge in [-0.3, -0.25) is 4.79 Å². The molecule has 1 aliphatic carbocycles. The Bertz CT molecular complexity index is 236. The van der Waals surface area contributed by atoms with Crippen LogP contribution in [0.1, 0.15) is 32.1 Å².